The Bertz CT molecular complexity index is 770. The number of ether oxygens (including phenoxy) is 2. The van der Waals surface area contributed by atoms with E-state index in [1.165, 1.54) is 10.9 Å². The first kappa shape index (κ1) is 13.1. The van der Waals surface area contributed by atoms with Crippen LogP contribution >= 0.6 is 11.3 Å². The van der Waals surface area contributed by atoms with Gasteiger partial charge < -0.3 is 9.47 Å². The molecule has 2 unspecified atom stereocenters. The quantitative estimate of drug-likeness (QED) is 0.938. The molecule has 7 heteroatoms. The molecule has 2 atom stereocenters. The number of nitrogens with one attached hydrogen (secondary N) is 1. The molecule has 110 valence electrons. The molecule has 5 nitrogen and oxygen atoms in total. The first-order chi connectivity index (χ1) is 10.1. The Labute approximate surface area is 126 Å². The number of hydrogen-bond acceptors (Lipinski definition) is 5. The predicted molar refractivity (Wildman–Crippen MR) is 78.4 cm³/mol. The zero-order valence-electron chi connectivity index (χ0n) is 11.0. The van der Waals surface area contributed by atoms with E-state index in [0.29, 0.717) is 17.4 Å². The normalized spacial score (nSPS) is 23.2. The Morgan fingerprint density at radius 2 is 2.05 bits per heavy atom. The van der Waals surface area contributed by atoms with Crippen molar-refractivity contribution in [2.45, 2.75) is 23.3 Å². The highest BCUT2D eigenvalue weighted by Crippen LogP contribution is 2.43. The molecule has 21 heavy (non-hydrogen) atoms. The number of thiophene rings is 1. The second kappa shape index (κ2) is 4.72. The molecule has 1 aromatic carbocycles. The van der Waals surface area contributed by atoms with Crippen molar-refractivity contribution in [3.8, 4) is 11.5 Å². The monoisotopic (exact) mass is 323 g/mol. The van der Waals surface area contributed by atoms with Gasteiger partial charge in [0.2, 0.25) is 16.8 Å². The summed E-state index contributed by atoms with van der Waals surface area (Å²) in [4.78, 5) is 1.44. The van der Waals surface area contributed by atoms with Crippen molar-refractivity contribution in [1.82, 2.24) is 4.72 Å². The molecule has 2 aliphatic rings. The van der Waals surface area contributed by atoms with Crippen LogP contribution in [0.4, 0.5) is 0 Å². The molecule has 0 bridgehead atoms. The van der Waals surface area contributed by atoms with Crippen LogP contribution in [0.2, 0.25) is 0 Å². The molecule has 1 aliphatic heterocycles. The third-order valence-corrected chi connectivity index (χ3v) is 6.15. The number of hydrogen-bond donors (Lipinski definition) is 1. The van der Waals surface area contributed by atoms with Gasteiger partial charge in [0.25, 0.3) is 0 Å². The molecule has 1 N–H and O–H groups in total. The largest absolute Gasteiger partial charge is 0.454 e. The third-order valence-electron chi connectivity index (χ3n) is 3.66. The molecule has 0 radical (unpaired) electrons. The van der Waals surface area contributed by atoms with Crippen molar-refractivity contribution in [3.05, 3.63) is 40.6 Å². The summed E-state index contributed by atoms with van der Waals surface area (Å²) in [7, 11) is -3.52. The average molecular weight is 323 g/mol. The van der Waals surface area contributed by atoms with Crippen LogP contribution in [0.5, 0.6) is 11.5 Å². The number of fused-ring (bicyclic) bond motifs is 1. The fourth-order valence-electron chi connectivity index (χ4n) is 2.45. The van der Waals surface area contributed by atoms with E-state index >= 15 is 0 Å². The van der Waals surface area contributed by atoms with Gasteiger partial charge in [-0.1, -0.05) is 6.07 Å². The number of rotatable bonds is 4. The minimum Gasteiger partial charge on any atom is -0.454 e. The van der Waals surface area contributed by atoms with E-state index in [4.69, 9.17) is 9.47 Å². The predicted octanol–water partition coefficient (Wildman–Crippen LogP) is 2.31. The molecule has 0 amide bonds. The minimum absolute atomic E-state index is 0.0147. The van der Waals surface area contributed by atoms with Crippen LogP contribution in [0.1, 0.15) is 17.2 Å². The van der Waals surface area contributed by atoms with E-state index in [1.807, 2.05) is 17.5 Å². The van der Waals surface area contributed by atoms with Crippen molar-refractivity contribution >= 4 is 21.4 Å². The molecule has 4 rings (SSSR count). The Morgan fingerprint density at radius 3 is 2.86 bits per heavy atom. The van der Waals surface area contributed by atoms with Crippen LogP contribution in [-0.2, 0) is 10.0 Å². The van der Waals surface area contributed by atoms with Gasteiger partial charge in [-0.25, -0.2) is 13.1 Å². The van der Waals surface area contributed by atoms with E-state index in [0.717, 1.165) is 6.42 Å². The summed E-state index contributed by atoms with van der Waals surface area (Å²) < 4.78 is 38.0. The maximum absolute atomic E-state index is 12.4. The third kappa shape index (κ3) is 2.41. The van der Waals surface area contributed by atoms with Gasteiger partial charge in [0, 0.05) is 22.9 Å². The van der Waals surface area contributed by atoms with Gasteiger partial charge in [-0.3, -0.25) is 0 Å². The molecule has 1 saturated carbocycles. The number of sulfonamides is 1. The van der Waals surface area contributed by atoms with Crippen molar-refractivity contribution < 1.29 is 17.9 Å². The maximum atomic E-state index is 12.4. The zero-order valence-corrected chi connectivity index (χ0v) is 12.6. The molecule has 1 fully saturated rings. The van der Waals surface area contributed by atoms with Crippen molar-refractivity contribution in [2.75, 3.05) is 6.79 Å². The topological polar surface area (TPSA) is 64.6 Å². The van der Waals surface area contributed by atoms with E-state index in [9.17, 15) is 8.42 Å². The highest BCUT2D eigenvalue weighted by Gasteiger charge is 2.42. The highest BCUT2D eigenvalue weighted by molar-refractivity contribution is 7.89. The summed E-state index contributed by atoms with van der Waals surface area (Å²) in [5.41, 5.74) is 0. The molecule has 1 aromatic heterocycles. The summed E-state index contributed by atoms with van der Waals surface area (Å²) in [5.74, 6) is 1.36. The van der Waals surface area contributed by atoms with Crippen LogP contribution in [0.15, 0.2) is 40.6 Å². The van der Waals surface area contributed by atoms with Crippen molar-refractivity contribution in [2.24, 2.45) is 0 Å². The molecule has 1 aliphatic carbocycles. The van der Waals surface area contributed by atoms with Gasteiger partial charge in [-0.2, -0.15) is 0 Å². The van der Waals surface area contributed by atoms with Gasteiger partial charge in [-0.05, 0) is 30.0 Å². The Hall–Kier alpha value is -1.57. The second-order valence-electron chi connectivity index (χ2n) is 5.10. The molecule has 2 aromatic rings. The van der Waals surface area contributed by atoms with Crippen LogP contribution in [0.25, 0.3) is 0 Å². The van der Waals surface area contributed by atoms with Gasteiger partial charge >= 0.3 is 0 Å². The van der Waals surface area contributed by atoms with E-state index in [-0.39, 0.29) is 17.7 Å². The molecule has 2 heterocycles. The van der Waals surface area contributed by atoms with Crippen LogP contribution in [0, 0.1) is 0 Å². The Morgan fingerprint density at radius 1 is 1.19 bits per heavy atom. The zero-order chi connectivity index (χ0) is 14.4. The van der Waals surface area contributed by atoms with Crippen LogP contribution < -0.4 is 14.2 Å². The summed E-state index contributed by atoms with van der Waals surface area (Å²) in [6.45, 7) is 0.134. The lowest BCUT2D eigenvalue weighted by molar-refractivity contribution is 0.174. The summed E-state index contributed by atoms with van der Waals surface area (Å²) >= 11 is 1.66. The second-order valence-corrected chi connectivity index (χ2v) is 7.79. The lowest BCUT2D eigenvalue weighted by atomic mass is 10.3. The summed E-state index contributed by atoms with van der Waals surface area (Å²) in [6.07, 6.45) is 0.851. The Kier molecular flexibility index (Phi) is 2.95. The first-order valence-corrected chi connectivity index (χ1v) is 8.95. The van der Waals surface area contributed by atoms with Crippen LogP contribution in [0.3, 0.4) is 0 Å². The van der Waals surface area contributed by atoms with Gasteiger partial charge in [0.15, 0.2) is 11.5 Å². The van der Waals surface area contributed by atoms with Gasteiger partial charge in [0.1, 0.15) is 0 Å². The lowest BCUT2D eigenvalue weighted by Gasteiger charge is -2.07. The Balaban J connectivity index is 1.52. The van der Waals surface area contributed by atoms with Crippen LogP contribution in [-0.4, -0.2) is 21.3 Å². The standard InChI is InChI=1S/C14H13NO4S2/c16-21(17,9-3-4-12-13(6-9)19-8-18-12)15-11-7-10(11)14-2-1-5-20-14/h1-6,10-11,15H,7-8H2. The smallest absolute Gasteiger partial charge is 0.240 e. The molecule has 0 spiro atoms. The van der Waals surface area contributed by atoms with Crippen molar-refractivity contribution in [1.29, 1.82) is 0 Å². The van der Waals surface area contributed by atoms with E-state index < -0.39 is 10.0 Å². The highest BCUT2D eigenvalue weighted by atomic mass is 32.2. The lowest BCUT2D eigenvalue weighted by Crippen LogP contribution is -2.26. The van der Waals surface area contributed by atoms with Gasteiger partial charge in [-0.15, -0.1) is 11.3 Å². The average Bonchev–Trinajstić information content (AvgIpc) is 2.93. The van der Waals surface area contributed by atoms with E-state index in [1.54, 1.807) is 23.5 Å². The summed E-state index contributed by atoms with van der Waals surface area (Å²) in [5, 5.41) is 2.01. The first-order valence-electron chi connectivity index (χ1n) is 6.59. The summed E-state index contributed by atoms with van der Waals surface area (Å²) in [6, 6.07) is 8.69. The fraction of sp³-hybridized carbons (Fsp3) is 0.286. The van der Waals surface area contributed by atoms with Gasteiger partial charge in [0.05, 0.1) is 4.90 Å². The SMILES string of the molecule is O=S(=O)(NC1CC1c1cccs1)c1ccc2c(c1)OCO2. The molecular formula is C14H13NO4S2. The molecule has 0 saturated heterocycles. The molecular weight excluding hydrogens is 310 g/mol. The maximum Gasteiger partial charge on any atom is 0.240 e. The fourth-order valence-corrected chi connectivity index (χ4v) is 4.66. The van der Waals surface area contributed by atoms with Crippen molar-refractivity contribution in [3.63, 3.8) is 0 Å². The minimum atomic E-state index is -3.52. The number of benzene rings is 1. The van der Waals surface area contributed by atoms with E-state index in [2.05, 4.69) is 4.72 Å².